The summed E-state index contributed by atoms with van der Waals surface area (Å²) in [6.45, 7) is 3.18. The summed E-state index contributed by atoms with van der Waals surface area (Å²) in [5.41, 5.74) is 1.08. The maximum atomic E-state index is 10.5. The number of nitro groups is 1. The van der Waals surface area contributed by atoms with Crippen molar-refractivity contribution in [2.45, 2.75) is 24.5 Å². The van der Waals surface area contributed by atoms with E-state index in [0.29, 0.717) is 4.75 Å². The normalized spacial score (nSPS) is 23.6. The number of nitrogens with zero attached hydrogens (tertiary/aromatic N) is 1. The molecule has 1 N–H and O–H groups in total. The van der Waals surface area contributed by atoms with E-state index in [4.69, 9.17) is 0 Å². The lowest BCUT2D eigenvalue weighted by molar-refractivity contribution is -0.384. The van der Waals surface area contributed by atoms with Crippen LogP contribution in [0.4, 0.5) is 11.4 Å². The highest BCUT2D eigenvalue weighted by Crippen LogP contribution is 2.37. The molecule has 0 saturated carbocycles. The van der Waals surface area contributed by atoms with Crippen LogP contribution in [0.15, 0.2) is 24.3 Å². The Hall–Kier alpha value is -1.23. The zero-order chi connectivity index (χ0) is 12.3. The summed E-state index contributed by atoms with van der Waals surface area (Å²) in [4.78, 5) is 10.1. The van der Waals surface area contributed by atoms with E-state index < -0.39 is 0 Å². The maximum absolute atomic E-state index is 10.5. The standard InChI is InChI=1S/C12H16N2O2S/c1-12(7-2-8-17-12)9-13-10-3-5-11(6-4-10)14(15)16/h3-6,13H,2,7-9H2,1H3. The molecule has 0 aromatic heterocycles. The minimum Gasteiger partial charge on any atom is -0.384 e. The van der Waals surface area contributed by atoms with E-state index in [1.54, 1.807) is 12.1 Å². The van der Waals surface area contributed by atoms with Crippen molar-refractivity contribution in [2.24, 2.45) is 0 Å². The van der Waals surface area contributed by atoms with Gasteiger partial charge in [0.25, 0.3) is 5.69 Å². The molecule has 1 unspecified atom stereocenters. The van der Waals surface area contributed by atoms with Crippen molar-refractivity contribution < 1.29 is 4.92 Å². The molecule has 0 aliphatic carbocycles. The molecule has 1 aliphatic heterocycles. The fourth-order valence-electron chi connectivity index (χ4n) is 1.97. The first-order valence-electron chi connectivity index (χ1n) is 5.71. The van der Waals surface area contributed by atoms with Crippen LogP contribution < -0.4 is 5.32 Å². The molecular weight excluding hydrogens is 236 g/mol. The number of anilines is 1. The Morgan fingerprint density at radius 3 is 2.71 bits per heavy atom. The van der Waals surface area contributed by atoms with Crippen LogP contribution in [0.5, 0.6) is 0 Å². The quantitative estimate of drug-likeness (QED) is 0.660. The summed E-state index contributed by atoms with van der Waals surface area (Å²) in [6.07, 6.45) is 2.51. The summed E-state index contributed by atoms with van der Waals surface area (Å²) in [5, 5.41) is 13.9. The lowest BCUT2D eigenvalue weighted by atomic mass is 10.1. The summed E-state index contributed by atoms with van der Waals surface area (Å²) < 4.78 is 0.307. The third-order valence-electron chi connectivity index (χ3n) is 3.05. The number of hydrogen-bond donors (Lipinski definition) is 1. The Kier molecular flexibility index (Phi) is 3.57. The van der Waals surface area contributed by atoms with Crippen LogP contribution in [-0.2, 0) is 0 Å². The van der Waals surface area contributed by atoms with Crippen molar-refractivity contribution in [2.75, 3.05) is 17.6 Å². The Morgan fingerprint density at radius 2 is 2.18 bits per heavy atom. The molecule has 0 bridgehead atoms. The molecular formula is C12H16N2O2S. The van der Waals surface area contributed by atoms with Crippen LogP contribution in [0.2, 0.25) is 0 Å². The number of nitro benzene ring substituents is 1. The van der Waals surface area contributed by atoms with Crippen LogP contribution >= 0.6 is 11.8 Å². The van der Waals surface area contributed by atoms with E-state index in [0.717, 1.165) is 12.2 Å². The van der Waals surface area contributed by atoms with Gasteiger partial charge in [-0.2, -0.15) is 11.8 Å². The molecule has 0 amide bonds. The smallest absolute Gasteiger partial charge is 0.269 e. The van der Waals surface area contributed by atoms with Gasteiger partial charge in [-0.1, -0.05) is 0 Å². The third kappa shape index (κ3) is 3.12. The molecule has 0 radical (unpaired) electrons. The van der Waals surface area contributed by atoms with E-state index in [2.05, 4.69) is 12.2 Å². The number of non-ortho nitro benzene ring substituents is 1. The molecule has 4 nitrogen and oxygen atoms in total. The van der Waals surface area contributed by atoms with Crippen molar-refractivity contribution in [3.05, 3.63) is 34.4 Å². The zero-order valence-electron chi connectivity index (χ0n) is 9.81. The van der Waals surface area contributed by atoms with Gasteiger partial charge in [0, 0.05) is 29.1 Å². The van der Waals surface area contributed by atoms with Crippen LogP contribution in [0.3, 0.4) is 0 Å². The second-order valence-electron chi connectivity index (χ2n) is 4.56. The largest absolute Gasteiger partial charge is 0.384 e. The van der Waals surface area contributed by atoms with E-state index in [-0.39, 0.29) is 10.6 Å². The third-order valence-corrected chi connectivity index (χ3v) is 4.58. The van der Waals surface area contributed by atoms with E-state index in [1.807, 2.05) is 11.8 Å². The van der Waals surface area contributed by atoms with Gasteiger partial charge in [0.05, 0.1) is 4.92 Å². The van der Waals surface area contributed by atoms with E-state index in [9.17, 15) is 10.1 Å². The zero-order valence-corrected chi connectivity index (χ0v) is 10.6. The number of rotatable bonds is 4. The van der Waals surface area contributed by atoms with E-state index >= 15 is 0 Å². The summed E-state index contributed by atoms with van der Waals surface area (Å²) in [6, 6.07) is 6.60. The first kappa shape index (κ1) is 12.2. The highest BCUT2D eigenvalue weighted by atomic mass is 32.2. The second-order valence-corrected chi connectivity index (χ2v) is 6.24. The molecule has 5 heteroatoms. The number of benzene rings is 1. The Labute approximate surface area is 105 Å². The van der Waals surface area contributed by atoms with Crippen LogP contribution in [0.1, 0.15) is 19.8 Å². The van der Waals surface area contributed by atoms with Crippen LogP contribution in [0, 0.1) is 10.1 Å². The van der Waals surface area contributed by atoms with Crippen LogP contribution in [0.25, 0.3) is 0 Å². The van der Waals surface area contributed by atoms with Gasteiger partial charge < -0.3 is 5.32 Å². The minimum atomic E-state index is -0.377. The van der Waals surface area contributed by atoms with Gasteiger partial charge in [0.15, 0.2) is 0 Å². The van der Waals surface area contributed by atoms with Crippen LogP contribution in [-0.4, -0.2) is 22.0 Å². The molecule has 1 aromatic carbocycles. The molecule has 17 heavy (non-hydrogen) atoms. The van der Waals surface area contributed by atoms with Gasteiger partial charge in [0.1, 0.15) is 0 Å². The topological polar surface area (TPSA) is 55.2 Å². The van der Waals surface area contributed by atoms with Crippen molar-refractivity contribution >= 4 is 23.1 Å². The van der Waals surface area contributed by atoms with Crippen molar-refractivity contribution in [1.29, 1.82) is 0 Å². The predicted octanol–water partition coefficient (Wildman–Crippen LogP) is 3.29. The number of thioether (sulfide) groups is 1. The average Bonchev–Trinajstić information content (AvgIpc) is 2.75. The van der Waals surface area contributed by atoms with Gasteiger partial charge >= 0.3 is 0 Å². The molecule has 1 heterocycles. The average molecular weight is 252 g/mol. The fourth-order valence-corrected chi connectivity index (χ4v) is 3.21. The summed E-state index contributed by atoms with van der Waals surface area (Å²) in [5.74, 6) is 1.23. The maximum Gasteiger partial charge on any atom is 0.269 e. The van der Waals surface area contributed by atoms with Gasteiger partial charge in [-0.15, -0.1) is 0 Å². The van der Waals surface area contributed by atoms with Gasteiger partial charge in [-0.05, 0) is 37.7 Å². The van der Waals surface area contributed by atoms with Gasteiger partial charge in [-0.3, -0.25) is 10.1 Å². The highest BCUT2D eigenvalue weighted by Gasteiger charge is 2.28. The summed E-state index contributed by atoms with van der Waals surface area (Å²) >= 11 is 2.00. The predicted molar refractivity (Wildman–Crippen MR) is 71.7 cm³/mol. The molecule has 1 saturated heterocycles. The number of nitrogens with one attached hydrogen (secondary N) is 1. The Balaban J connectivity index is 1.93. The highest BCUT2D eigenvalue weighted by molar-refractivity contribution is 8.00. The van der Waals surface area contributed by atoms with Crippen molar-refractivity contribution in [1.82, 2.24) is 0 Å². The summed E-state index contributed by atoms with van der Waals surface area (Å²) in [7, 11) is 0. The SMILES string of the molecule is CC1(CNc2ccc([N+](=O)[O-])cc2)CCCS1. The molecule has 0 spiro atoms. The van der Waals surface area contributed by atoms with E-state index in [1.165, 1.54) is 30.7 Å². The lowest BCUT2D eigenvalue weighted by Crippen LogP contribution is -2.26. The van der Waals surface area contributed by atoms with Gasteiger partial charge in [-0.25, -0.2) is 0 Å². The molecule has 1 fully saturated rings. The van der Waals surface area contributed by atoms with Crippen molar-refractivity contribution in [3.8, 4) is 0 Å². The minimum absolute atomic E-state index is 0.136. The number of hydrogen-bond acceptors (Lipinski definition) is 4. The first-order chi connectivity index (χ1) is 8.09. The molecule has 1 aliphatic rings. The molecule has 2 rings (SSSR count). The second kappa shape index (κ2) is 4.96. The first-order valence-corrected chi connectivity index (χ1v) is 6.70. The molecule has 1 atom stereocenters. The van der Waals surface area contributed by atoms with Crippen molar-refractivity contribution in [3.63, 3.8) is 0 Å². The van der Waals surface area contributed by atoms with Gasteiger partial charge in [0.2, 0.25) is 0 Å². The Bertz CT molecular complexity index is 399. The lowest BCUT2D eigenvalue weighted by Gasteiger charge is -2.23. The Morgan fingerprint density at radius 1 is 1.47 bits per heavy atom. The monoisotopic (exact) mass is 252 g/mol. The molecule has 1 aromatic rings. The molecule has 92 valence electrons. The fraction of sp³-hybridized carbons (Fsp3) is 0.500.